The van der Waals surface area contributed by atoms with Gasteiger partial charge in [-0.2, -0.15) is 0 Å². The van der Waals surface area contributed by atoms with E-state index >= 15 is 0 Å². The Morgan fingerprint density at radius 1 is 0.662 bits per heavy atom. The maximum atomic E-state index is 13.2. The molecule has 1 aliphatic rings. The van der Waals surface area contributed by atoms with Gasteiger partial charge in [0.15, 0.2) is 0 Å². The summed E-state index contributed by atoms with van der Waals surface area (Å²) in [5.74, 6) is -0.0863. The Hall–Kier alpha value is -6.83. The highest BCUT2D eigenvalue weighted by atomic mass is 19.1. The van der Waals surface area contributed by atoms with Crippen LogP contribution in [0.15, 0.2) is 86.0 Å². The number of alkyl halides is 1. The van der Waals surface area contributed by atoms with Crippen molar-refractivity contribution >= 4 is 78.0 Å². The van der Waals surface area contributed by atoms with Crippen LogP contribution in [-0.4, -0.2) is 78.2 Å². The average Bonchev–Trinajstić information content (AvgIpc) is 3.58. The van der Waals surface area contributed by atoms with Crippen molar-refractivity contribution in [3.05, 3.63) is 108 Å². The van der Waals surface area contributed by atoms with E-state index in [-0.39, 0.29) is 35.7 Å². The van der Waals surface area contributed by atoms with Crippen molar-refractivity contribution in [1.82, 2.24) is 38.7 Å². The van der Waals surface area contributed by atoms with Gasteiger partial charge in [-0.3, -0.25) is 28.4 Å². The Balaban J connectivity index is 0.000000180. The fourth-order valence-electron chi connectivity index (χ4n) is 7.80. The van der Waals surface area contributed by atoms with E-state index in [9.17, 15) is 18.8 Å². The zero-order valence-electron chi connectivity index (χ0n) is 37.8. The number of nitrogens with one attached hydrogen (secondary N) is 2. The van der Waals surface area contributed by atoms with Crippen LogP contribution in [0.25, 0.3) is 55.4 Å². The van der Waals surface area contributed by atoms with Gasteiger partial charge in [-0.1, -0.05) is 39.5 Å². The molecule has 16 heteroatoms. The van der Waals surface area contributed by atoms with Crippen LogP contribution in [-0.2, 0) is 14.4 Å². The summed E-state index contributed by atoms with van der Waals surface area (Å²) in [5.41, 5.74) is 11.3. The molecule has 4 unspecified atom stereocenters. The van der Waals surface area contributed by atoms with Crippen molar-refractivity contribution < 1.29 is 18.8 Å². The maximum absolute atomic E-state index is 13.2. The number of hydrogen-bond donors (Lipinski definition) is 2. The lowest BCUT2D eigenvalue weighted by Crippen LogP contribution is -2.16. The Morgan fingerprint density at radius 3 is 1.48 bits per heavy atom. The van der Waals surface area contributed by atoms with Crippen molar-refractivity contribution in [2.45, 2.75) is 98.4 Å². The van der Waals surface area contributed by atoms with E-state index in [0.29, 0.717) is 11.6 Å². The molecule has 1 fully saturated rings. The van der Waals surface area contributed by atoms with Gasteiger partial charge in [0.25, 0.3) is 0 Å². The number of amides is 2. The number of halogens is 1. The van der Waals surface area contributed by atoms with E-state index in [1.54, 1.807) is 30.9 Å². The van der Waals surface area contributed by atoms with Gasteiger partial charge in [0.2, 0.25) is 11.8 Å². The van der Waals surface area contributed by atoms with Crippen molar-refractivity contribution in [3.8, 4) is 22.3 Å². The Kier molecular flexibility index (Phi) is 14.1. The van der Waals surface area contributed by atoms with Crippen molar-refractivity contribution in [2.75, 3.05) is 10.6 Å². The third-order valence-electron chi connectivity index (χ3n) is 11.1. The quantitative estimate of drug-likeness (QED) is 0.121. The van der Waals surface area contributed by atoms with Crippen LogP contribution in [0.1, 0.15) is 101 Å². The molecule has 0 saturated heterocycles. The first-order valence-electron chi connectivity index (χ1n) is 21.8. The number of carbonyl (C=O) groups excluding carboxylic acids is 3. The van der Waals surface area contributed by atoms with E-state index in [4.69, 9.17) is 15.7 Å². The van der Waals surface area contributed by atoms with E-state index in [1.807, 2.05) is 51.8 Å². The van der Waals surface area contributed by atoms with Gasteiger partial charge < -0.3 is 15.4 Å². The van der Waals surface area contributed by atoms with Gasteiger partial charge in [0.1, 0.15) is 34.9 Å². The number of carbonyl (C=O) groups is 3. The number of aromatic nitrogens is 8. The lowest BCUT2D eigenvalue weighted by atomic mass is 9.80. The molecule has 0 spiro atoms. The molecule has 328 valence electrons. The number of aryl methyl sites for hydroxylation is 2. The lowest BCUT2D eigenvalue weighted by Gasteiger charge is -2.15. The summed E-state index contributed by atoms with van der Waals surface area (Å²) in [6.45, 7) is 12.9. The molecule has 1 saturated carbocycles. The number of anilines is 2. The van der Waals surface area contributed by atoms with Crippen LogP contribution < -0.4 is 10.6 Å². The monoisotopic (exact) mass is 868 g/mol. The second-order valence-electron chi connectivity index (χ2n) is 16.7. The molecule has 4 atom stereocenters. The van der Waals surface area contributed by atoms with Crippen LogP contribution in [0.2, 0.25) is 0 Å². The molecule has 0 bridgehead atoms. The van der Waals surface area contributed by atoms with Gasteiger partial charge >= 0.3 is 0 Å². The summed E-state index contributed by atoms with van der Waals surface area (Å²) in [6, 6.07) is 11.9. The molecule has 4 radical (unpaired) electrons. The first-order valence-corrected chi connectivity index (χ1v) is 21.8. The van der Waals surface area contributed by atoms with E-state index in [0.717, 1.165) is 104 Å². The Labute approximate surface area is 380 Å². The largest absolute Gasteiger partial charge is 0.311 e. The van der Waals surface area contributed by atoms with Crippen LogP contribution >= 0.6 is 0 Å². The van der Waals surface area contributed by atoms with Crippen molar-refractivity contribution in [2.24, 2.45) is 5.92 Å². The topological polar surface area (TPSA) is 161 Å². The number of pyridine rings is 6. The zero-order chi connectivity index (χ0) is 46.5. The highest BCUT2D eigenvalue weighted by molar-refractivity contribution is 6.12. The lowest BCUT2D eigenvalue weighted by molar-refractivity contribution is -0.118. The molecule has 9 rings (SSSR count). The number of ketones is 1. The molecule has 65 heavy (non-hydrogen) atoms. The Morgan fingerprint density at radius 2 is 1.09 bits per heavy atom. The van der Waals surface area contributed by atoms with Gasteiger partial charge in [-0.05, 0) is 81.1 Å². The molecule has 2 N–H and O–H groups in total. The molecule has 13 nitrogen and oxygen atoms in total. The summed E-state index contributed by atoms with van der Waals surface area (Å²) in [6.07, 6.45) is 17.6. The van der Waals surface area contributed by atoms with Crippen molar-refractivity contribution in [1.29, 1.82) is 0 Å². The van der Waals surface area contributed by atoms with Crippen LogP contribution in [0.4, 0.5) is 16.0 Å². The molecule has 1 aliphatic carbocycles. The predicted molar refractivity (Wildman–Crippen MR) is 256 cm³/mol. The summed E-state index contributed by atoms with van der Waals surface area (Å²) >= 11 is 0. The van der Waals surface area contributed by atoms with Crippen LogP contribution in [0.3, 0.4) is 0 Å². The number of fused-ring (bicyclic) bond motifs is 6. The minimum absolute atomic E-state index is 0.0489. The number of rotatable bonds is 11. The fourth-order valence-corrected chi connectivity index (χ4v) is 7.80. The molecule has 0 aromatic carbocycles. The number of Topliss-reactive ketones (excluding diaryl/α,β-unsaturated/α-hetero) is 1. The second kappa shape index (κ2) is 19.9. The van der Waals surface area contributed by atoms with E-state index < -0.39 is 12.1 Å². The summed E-state index contributed by atoms with van der Waals surface area (Å²) in [4.78, 5) is 60.0. The molecule has 8 aromatic heterocycles. The van der Waals surface area contributed by atoms with Crippen molar-refractivity contribution in [3.63, 3.8) is 0 Å². The van der Waals surface area contributed by atoms with Gasteiger partial charge in [0, 0.05) is 113 Å². The zero-order valence-corrected chi connectivity index (χ0v) is 37.8. The summed E-state index contributed by atoms with van der Waals surface area (Å²) in [5, 5.41) is 7.29. The van der Waals surface area contributed by atoms with Gasteiger partial charge in [-0.25, -0.2) is 24.3 Å². The minimum atomic E-state index is -1.04. The molecule has 8 heterocycles. The average molecular weight is 869 g/mol. The number of hydrogen-bond acceptors (Lipinski definition) is 9. The molecular formula is C49H51B2FN10O3. The Bertz CT molecular complexity index is 3060. The summed E-state index contributed by atoms with van der Waals surface area (Å²) < 4.78 is 17.2. The highest BCUT2D eigenvalue weighted by Crippen LogP contribution is 2.36. The van der Waals surface area contributed by atoms with Crippen LogP contribution in [0.5, 0.6) is 0 Å². The van der Waals surface area contributed by atoms with E-state index in [1.165, 1.54) is 20.8 Å². The third kappa shape index (κ3) is 10.4. The second-order valence-corrected chi connectivity index (χ2v) is 16.7. The fraction of sp³-hybridized carbons (Fsp3) is 0.327. The molecular weight excluding hydrogens is 817 g/mol. The standard InChI is InChI=1S/C24H23BFN5O.C22H22BN5O.C3H6O/c1-3-4-18(25)20-7-13(2)17(12-28-20)15-8-14-11-29-22(30-24(32)16-9-19(16)26)10-21(14)31-6-5-27-23(15)31;1-4-5-18(23)19-8-13(2)17(12-25-19)16-9-15-11-26-21(27-14(3)29)10-20(15)28-7-6-24-22(16)28;1-3(2)4/h5-8,10-12,16,18-19H,3-4,9H2,1-2H3,(H,29,30,32);6-12,18H,4-5H2,1-3H3,(H,26,27,29);1-2H3. The SMILES string of the molecule is CC(C)=O.[B]C(CCC)c1cc(C)c(-c2cc3cnc(NC(=O)C4CC4F)cc3n3ccnc23)cn1.[B]C(CCC)c1cc(C)c(-c2cc3cnc(NC(C)=O)cc3n3ccnc23)cn1. The molecule has 8 aromatic rings. The highest BCUT2D eigenvalue weighted by Gasteiger charge is 2.43. The first-order chi connectivity index (χ1) is 31.2. The normalized spacial score (nSPS) is 15.1. The van der Waals surface area contributed by atoms with Crippen LogP contribution in [0, 0.1) is 19.8 Å². The smallest absolute Gasteiger partial charge is 0.231 e. The summed E-state index contributed by atoms with van der Waals surface area (Å²) in [7, 11) is 12.5. The van der Waals surface area contributed by atoms with Gasteiger partial charge in [-0.15, -0.1) is 0 Å². The van der Waals surface area contributed by atoms with Gasteiger partial charge in [0.05, 0.1) is 32.6 Å². The molecule has 0 aliphatic heterocycles. The maximum Gasteiger partial charge on any atom is 0.231 e. The van der Waals surface area contributed by atoms with E-state index in [2.05, 4.69) is 80.4 Å². The number of nitrogens with zero attached hydrogens (tertiary/aromatic N) is 8. The number of imidazole rings is 2. The molecule has 2 amide bonds. The predicted octanol–water partition coefficient (Wildman–Crippen LogP) is 9.38. The first kappa shape index (κ1) is 46.2. The minimum Gasteiger partial charge on any atom is -0.311 e. The third-order valence-corrected chi connectivity index (χ3v) is 11.1.